The molecule has 1 aliphatic rings. The van der Waals surface area contributed by atoms with Crippen LogP contribution in [0.15, 0.2) is 97.1 Å². The minimum absolute atomic E-state index is 0.0487. The molecule has 1 aliphatic carbocycles. The summed E-state index contributed by atoms with van der Waals surface area (Å²) in [4.78, 5) is 44.6. The number of hydrogen-bond acceptors (Lipinski definition) is 10. The molecule has 0 saturated heterocycles. The highest BCUT2D eigenvalue weighted by molar-refractivity contribution is 5.75. The number of rotatable bonds is 18. The molecule has 4 aromatic carbocycles. The van der Waals surface area contributed by atoms with Gasteiger partial charge in [-0.1, -0.05) is 55.7 Å². The van der Waals surface area contributed by atoms with Gasteiger partial charge < -0.3 is 19.9 Å². The number of ether oxygens (including phenoxy) is 2. The Balaban J connectivity index is 0.000000261. The molecule has 14 nitrogen and oxygen atoms in total. The molecule has 14 heteroatoms. The lowest BCUT2D eigenvalue weighted by molar-refractivity contribution is -0.385. The molecule has 296 valence electrons. The monoisotopic (exact) mass is 775 g/mol. The van der Waals surface area contributed by atoms with Crippen LogP contribution in [0.5, 0.6) is 23.0 Å². The summed E-state index contributed by atoms with van der Waals surface area (Å²) in [5.41, 5.74) is 0.608. The number of nitrogens with zero attached hydrogens (tertiary/aromatic N) is 4. The summed E-state index contributed by atoms with van der Waals surface area (Å²) in [6.07, 6.45) is 6.88. The maximum Gasteiger partial charge on any atom is 0.303 e. The molecule has 1 saturated carbocycles. The second-order valence-corrected chi connectivity index (χ2v) is 13.8. The van der Waals surface area contributed by atoms with Gasteiger partial charge in [0.1, 0.15) is 23.0 Å². The maximum atomic E-state index is 12.2. The van der Waals surface area contributed by atoms with Gasteiger partial charge in [-0.05, 0) is 93.0 Å². The van der Waals surface area contributed by atoms with Crippen LogP contribution in [0.25, 0.3) is 0 Å². The molecule has 0 heterocycles. The Labute approximate surface area is 331 Å². The van der Waals surface area contributed by atoms with Crippen molar-refractivity contribution >= 4 is 23.3 Å². The van der Waals surface area contributed by atoms with Crippen LogP contribution in [0.4, 0.5) is 11.4 Å². The number of amides is 1. The van der Waals surface area contributed by atoms with E-state index in [4.69, 9.17) is 14.6 Å². The Kier molecular flexibility index (Phi) is 17.0. The maximum absolute atomic E-state index is 12.2. The molecule has 57 heavy (non-hydrogen) atoms. The average molecular weight is 776 g/mol. The first-order valence-corrected chi connectivity index (χ1v) is 18.8. The van der Waals surface area contributed by atoms with Crippen LogP contribution in [0.1, 0.15) is 68.9 Å². The molecule has 1 fully saturated rings. The number of carboxylic acid groups (broad SMARTS) is 1. The highest BCUT2D eigenvalue weighted by Crippen LogP contribution is 2.32. The molecule has 0 bridgehead atoms. The molecule has 2 unspecified atom stereocenters. The lowest BCUT2D eigenvalue weighted by atomic mass is 9.89. The second kappa shape index (κ2) is 22.5. The molecule has 2 atom stereocenters. The predicted octanol–water partition coefficient (Wildman–Crippen LogP) is 9.48. The Hall–Kier alpha value is -6.80. The Morgan fingerprint density at radius 3 is 1.58 bits per heavy atom. The normalized spacial score (nSPS) is 13.3. The lowest BCUT2D eigenvalue weighted by Gasteiger charge is -2.21. The van der Waals surface area contributed by atoms with Gasteiger partial charge in [-0.2, -0.15) is 10.5 Å². The first kappa shape index (κ1) is 42.9. The first-order chi connectivity index (χ1) is 27.5. The van der Waals surface area contributed by atoms with Crippen molar-refractivity contribution in [2.24, 2.45) is 17.8 Å². The molecule has 4 aromatic rings. The fourth-order valence-corrected chi connectivity index (χ4v) is 6.48. The number of nitro groups is 2. The van der Waals surface area contributed by atoms with Crippen LogP contribution >= 0.6 is 0 Å². The van der Waals surface area contributed by atoms with Gasteiger partial charge in [-0.3, -0.25) is 29.8 Å². The van der Waals surface area contributed by atoms with E-state index in [2.05, 4.69) is 11.4 Å². The van der Waals surface area contributed by atoms with Crippen molar-refractivity contribution in [1.29, 1.82) is 10.5 Å². The Bertz CT molecular complexity index is 2040. The van der Waals surface area contributed by atoms with Crippen LogP contribution in [0, 0.1) is 60.6 Å². The Morgan fingerprint density at radius 2 is 1.16 bits per heavy atom. The third-order valence-electron chi connectivity index (χ3n) is 9.49. The highest BCUT2D eigenvalue weighted by atomic mass is 16.6. The standard InChI is InChI=1S/C25H29N3O4.C18H16N2O5/c26-17-20(11-14-25(29)27-18-19-7-3-1-4-8-19)15-21-16-23(12-13-24(21)28(30)31)32-22-9-5-2-6-10-22;19-12-13(6-9-18(21)22)10-14-11-16(7-8-17(14)20(23)24)25-15-4-2-1-3-5-15/h2,5-6,9-10,12-13,16,19-20H,1,3-4,7-8,11,14-15,18H2,(H,27,29);1-5,7-8,11,13H,6,9-10H2,(H,21,22). The molecule has 0 radical (unpaired) electrons. The zero-order valence-corrected chi connectivity index (χ0v) is 31.5. The summed E-state index contributed by atoms with van der Waals surface area (Å²) in [6.45, 7) is 0.695. The van der Waals surface area contributed by atoms with Gasteiger partial charge in [0.2, 0.25) is 5.91 Å². The van der Waals surface area contributed by atoms with Gasteiger partial charge in [0.05, 0.1) is 33.8 Å². The summed E-state index contributed by atoms with van der Waals surface area (Å²) < 4.78 is 11.5. The molecule has 0 aliphatic heterocycles. The molecule has 2 N–H and O–H groups in total. The molecular formula is C43H45N5O9. The summed E-state index contributed by atoms with van der Waals surface area (Å²) in [5.74, 6) is 0.462. The van der Waals surface area contributed by atoms with Gasteiger partial charge in [0.15, 0.2) is 0 Å². The summed E-state index contributed by atoms with van der Waals surface area (Å²) >= 11 is 0. The minimum atomic E-state index is -1.00. The number of carboxylic acids is 1. The van der Waals surface area contributed by atoms with Crippen molar-refractivity contribution in [2.45, 2.75) is 70.6 Å². The number of carbonyl (C=O) groups excluding carboxylic acids is 1. The van der Waals surface area contributed by atoms with E-state index < -0.39 is 27.7 Å². The molecule has 1 amide bonds. The zero-order chi connectivity index (χ0) is 41.0. The number of benzene rings is 4. The van der Waals surface area contributed by atoms with E-state index in [1.807, 2.05) is 30.3 Å². The van der Waals surface area contributed by atoms with E-state index in [1.54, 1.807) is 48.5 Å². The Morgan fingerprint density at radius 1 is 0.702 bits per heavy atom. The van der Waals surface area contributed by atoms with Crippen molar-refractivity contribution in [2.75, 3.05) is 6.54 Å². The molecule has 0 spiro atoms. The third kappa shape index (κ3) is 14.8. The van der Waals surface area contributed by atoms with E-state index in [0.717, 1.165) is 12.8 Å². The van der Waals surface area contributed by atoms with Crippen LogP contribution in [-0.2, 0) is 22.4 Å². The van der Waals surface area contributed by atoms with E-state index in [1.165, 1.54) is 43.5 Å². The fraction of sp³-hybridized carbons (Fsp3) is 0.349. The van der Waals surface area contributed by atoms with Crippen molar-refractivity contribution in [1.82, 2.24) is 5.32 Å². The van der Waals surface area contributed by atoms with Crippen LogP contribution in [0.2, 0.25) is 0 Å². The quantitative estimate of drug-likeness (QED) is 0.0716. The van der Waals surface area contributed by atoms with E-state index in [9.17, 15) is 40.3 Å². The zero-order valence-electron chi connectivity index (χ0n) is 31.5. The van der Waals surface area contributed by atoms with E-state index in [0.29, 0.717) is 53.0 Å². The highest BCUT2D eigenvalue weighted by Gasteiger charge is 2.22. The van der Waals surface area contributed by atoms with Gasteiger partial charge in [0, 0.05) is 42.6 Å². The predicted molar refractivity (Wildman–Crippen MR) is 211 cm³/mol. The van der Waals surface area contributed by atoms with Crippen molar-refractivity contribution in [3.05, 3.63) is 128 Å². The number of aliphatic carboxylic acids is 1. The lowest BCUT2D eigenvalue weighted by Crippen LogP contribution is -2.30. The first-order valence-electron chi connectivity index (χ1n) is 18.8. The minimum Gasteiger partial charge on any atom is -0.481 e. The number of carbonyl (C=O) groups is 2. The van der Waals surface area contributed by atoms with Crippen molar-refractivity contribution in [3.63, 3.8) is 0 Å². The van der Waals surface area contributed by atoms with Crippen LogP contribution < -0.4 is 14.8 Å². The van der Waals surface area contributed by atoms with E-state index >= 15 is 0 Å². The number of hydrogen-bond donors (Lipinski definition) is 2. The van der Waals surface area contributed by atoms with Crippen molar-refractivity contribution in [3.8, 4) is 35.1 Å². The fourth-order valence-electron chi connectivity index (χ4n) is 6.48. The van der Waals surface area contributed by atoms with Gasteiger partial charge in [0.25, 0.3) is 11.4 Å². The second-order valence-electron chi connectivity index (χ2n) is 13.8. The molecule has 0 aromatic heterocycles. The SMILES string of the molecule is N#CC(CCC(=O)NCC1CCCCC1)Cc1cc(Oc2ccccc2)ccc1[N+](=O)[O-].N#CC(CCC(=O)O)Cc1cc(Oc2ccccc2)ccc1[N+](=O)[O-]. The summed E-state index contributed by atoms with van der Waals surface area (Å²) in [5, 5.41) is 53.2. The smallest absolute Gasteiger partial charge is 0.303 e. The third-order valence-corrected chi connectivity index (χ3v) is 9.49. The molecular weight excluding hydrogens is 730 g/mol. The van der Waals surface area contributed by atoms with Crippen molar-refractivity contribution < 1.29 is 34.0 Å². The van der Waals surface area contributed by atoms with Gasteiger partial charge >= 0.3 is 5.97 Å². The number of nitriles is 2. The number of nitro benzene ring substituents is 2. The van der Waals surface area contributed by atoms with Crippen LogP contribution in [0.3, 0.4) is 0 Å². The number of para-hydroxylation sites is 2. The average Bonchev–Trinajstić information content (AvgIpc) is 3.21. The van der Waals surface area contributed by atoms with Gasteiger partial charge in [-0.25, -0.2) is 0 Å². The summed E-state index contributed by atoms with van der Waals surface area (Å²) in [7, 11) is 0. The summed E-state index contributed by atoms with van der Waals surface area (Å²) in [6, 6.07) is 31.2. The number of nitrogens with one attached hydrogen (secondary N) is 1. The van der Waals surface area contributed by atoms with Gasteiger partial charge in [-0.15, -0.1) is 0 Å². The van der Waals surface area contributed by atoms with E-state index in [-0.39, 0.29) is 49.4 Å². The largest absolute Gasteiger partial charge is 0.481 e. The van der Waals surface area contributed by atoms with Crippen LogP contribution in [-0.4, -0.2) is 33.4 Å². The molecule has 5 rings (SSSR count). The topological polar surface area (TPSA) is 219 Å².